The third kappa shape index (κ3) is 5.24. The summed E-state index contributed by atoms with van der Waals surface area (Å²) in [4.78, 5) is 33.7. The number of hydrogen-bond donors (Lipinski definition) is 4. The van der Waals surface area contributed by atoms with Gasteiger partial charge in [0.1, 0.15) is 19.4 Å². The lowest BCUT2D eigenvalue weighted by Crippen LogP contribution is -2.33. The fraction of sp³-hybridized carbons (Fsp3) is 0.571. The average Bonchev–Trinajstić information content (AvgIpc) is 2.97. The van der Waals surface area contributed by atoms with Crippen LogP contribution >= 0.6 is 0 Å². The number of unbranched alkanes of at least 4 members (excludes halogenated alkanes) is 1. The summed E-state index contributed by atoms with van der Waals surface area (Å²) < 4.78 is 12.0. The van der Waals surface area contributed by atoms with Crippen molar-refractivity contribution in [3.8, 4) is 0 Å². The molecular weight excluding hydrogens is 330 g/mol. The van der Waals surface area contributed by atoms with Crippen molar-refractivity contribution in [2.75, 3.05) is 25.5 Å². The van der Waals surface area contributed by atoms with E-state index in [1.165, 1.54) is 10.9 Å². The summed E-state index contributed by atoms with van der Waals surface area (Å²) >= 11 is 0. The van der Waals surface area contributed by atoms with Crippen molar-refractivity contribution in [2.24, 2.45) is 11.5 Å². The Bertz CT molecular complexity index is 757. The largest absolute Gasteiger partial charge is 0.462 e. The van der Waals surface area contributed by atoms with Gasteiger partial charge in [0.25, 0.3) is 5.56 Å². The lowest BCUT2D eigenvalue weighted by Gasteiger charge is -2.11. The van der Waals surface area contributed by atoms with E-state index >= 15 is 0 Å². The first-order chi connectivity index (χ1) is 12.0. The Morgan fingerprint density at radius 3 is 2.92 bits per heavy atom. The van der Waals surface area contributed by atoms with E-state index in [0.717, 1.165) is 12.8 Å². The lowest BCUT2D eigenvalue weighted by molar-refractivity contribution is -0.147. The third-order valence-electron chi connectivity index (χ3n) is 3.47. The molecule has 0 bridgehead atoms. The number of fused-ring (bicyclic) bond motifs is 1. The fourth-order valence-electron chi connectivity index (χ4n) is 2.16. The molecule has 2 aromatic rings. The molecular formula is C14H23N7O4. The molecule has 138 valence electrons. The van der Waals surface area contributed by atoms with Crippen LogP contribution in [0.5, 0.6) is 0 Å². The normalized spacial score (nSPS) is 12.4. The first-order valence-corrected chi connectivity index (χ1v) is 7.93. The molecule has 0 aliphatic rings. The maximum absolute atomic E-state index is 11.7. The van der Waals surface area contributed by atoms with Crippen LogP contribution in [0.1, 0.15) is 19.3 Å². The van der Waals surface area contributed by atoms with Gasteiger partial charge in [-0.15, -0.1) is 0 Å². The molecule has 0 amide bonds. The highest BCUT2D eigenvalue weighted by molar-refractivity contribution is 5.75. The van der Waals surface area contributed by atoms with E-state index in [9.17, 15) is 9.59 Å². The van der Waals surface area contributed by atoms with Crippen molar-refractivity contribution >= 4 is 23.1 Å². The van der Waals surface area contributed by atoms with Crippen LogP contribution in [0.3, 0.4) is 0 Å². The monoisotopic (exact) mass is 353 g/mol. The topological polar surface area (TPSA) is 177 Å². The van der Waals surface area contributed by atoms with Gasteiger partial charge in [0.2, 0.25) is 5.95 Å². The van der Waals surface area contributed by atoms with Crippen molar-refractivity contribution in [1.82, 2.24) is 19.5 Å². The summed E-state index contributed by atoms with van der Waals surface area (Å²) in [6.45, 7) is 0.906. The number of esters is 1. The summed E-state index contributed by atoms with van der Waals surface area (Å²) in [6.07, 6.45) is 3.57. The minimum atomic E-state index is -0.650. The summed E-state index contributed by atoms with van der Waals surface area (Å²) in [6, 6.07) is -0.650. The minimum absolute atomic E-state index is 0.00296. The number of H-pyrrole nitrogens is 1. The Kier molecular flexibility index (Phi) is 6.86. The highest BCUT2D eigenvalue weighted by Crippen LogP contribution is 2.06. The highest BCUT2D eigenvalue weighted by atomic mass is 16.6. The first kappa shape index (κ1) is 18.8. The van der Waals surface area contributed by atoms with E-state index in [1.807, 2.05) is 0 Å². The predicted octanol–water partition coefficient (Wildman–Crippen LogP) is -1.32. The molecule has 11 heteroatoms. The highest BCUT2D eigenvalue weighted by Gasteiger charge is 2.14. The Morgan fingerprint density at radius 1 is 1.36 bits per heavy atom. The van der Waals surface area contributed by atoms with Gasteiger partial charge < -0.3 is 26.7 Å². The molecule has 0 saturated carbocycles. The van der Waals surface area contributed by atoms with Gasteiger partial charge in [-0.25, -0.2) is 4.98 Å². The molecule has 0 aliphatic carbocycles. The molecule has 0 saturated heterocycles. The molecule has 11 nitrogen and oxygen atoms in total. The number of nitrogen functional groups attached to an aromatic ring is 1. The quantitative estimate of drug-likeness (QED) is 0.298. The lowest BCUT2D eigenvalue weighted by atomic mass is 10.1. The Morgan fingerprint density at radius 2 is 2.16 bits per heavy atom. The van der Waals surface area contributed by atoms with Crippen LogP contribution in [0.15, 0.2) is 11.1 Å². The number of hydrogen-bond acceptors (Lipinski definition) is 9. The van der Waals surface area contributed by atoms with E-state index in [1.54, 1.807) is 0 Å². The number of aromatic nitrogens is 4. The maximum Gasteiger partial charge on any atom is 0.322 e. The number of anilines is 1. The van der Waals surface area contributed by atoms with Crippen molar-refractivity contribution in [3.63, 3.8) is 0 Å². The van der Waals surface area contributed by atoms with Gasteiger partial charge in [-0.05, 0) is 19.4 Å². The number of nitrogens with zero attached hydrogens (tertiary/aromatic N) is 3. The van der Waals surface area contributed by atoms with Gasteiger partial charge in [0, 0.05) is 0 Å². The van der Waals surface area contributed by atoms with Crippen molar-refractivity contribution in [2.45, 2.75) is 32.0 Å². The second kappa shape index (κ2) is 9.11. The number of aromatic amines is 1. The van der Waals surface area contributed by atoms with Gasteiger partial charge in [-0.3, -0.25) is 19.1 Å². The van der Waals surface area contributed by atoms with E-state index in [4.69, 9.17) is 26.7 Å². The fourth-order valence-corrected chi connectivity index (χ4v) is 2.16. The van der Waals surface area contributed by atoms with E-state index in [2.05, 4.69) is 15.0 Å². The van der Waals surface area contributed by atoms with Crippen molar-refractivity contribution < 1.29 is 14.3 Å². The van der Waals surface area contributed by atoms with Crippen LogP contribution in [0.4, 0.5) is 5.95 Å². The number of carbonyl (C=O) groups excluding carboxylic acids is 1. The van der Waals surface area contributed by atoms with Crippen LogP contribution in [0, 0.1) is 0 Å². The molecule has 1 unspecified atom stereocenters. The van der Waals surface area contributed by atoms with Crippen molar-refractivity contribution in [3.05, 3.63) is 16.7 Å². The van der Waals surface area contributed by atoms with Crippen LogP contribution in [-0.4, -0.2) is 51.3 Å². The van der Waals surface area contributed by atoms with Gasteiger partial charge in [-0.1, -0.05) is 6.42 Å². The molecule has 0 spiro atoms. The summed E-state index contributed by atoms with van der Waals surface area (Å²) in [5.41, 5.74) is 16.7. The summed E-state index contributed by atoms with van der Waals surface area (Å²) in [7, 11) is 0. The zero-order valence-electron chi connectivity index (χ0n) is 13.8. The number of ether oxygens (including phenoxy) is 2. The predicted molar refractivity (Wildman–Crippen MR) is 90.4 cm³/mol. The van der Waals surface area contributed by atoms with E-state index < -0.39 is 17.6 Å². The maximum atomic E-state index is 11.7. The second-order valence-corrected chi connectivity index (χ2v) is 5.43. The Hall–Kier alpha value is -2.50. The van der Waals surface area contributed by atoms with Gasteiger partial charge in [0.15, 0.2) is 11.2 Å². The van der Waals surface area contributed by atoms with Crippen LogP contribution in [0.2, 0.25) is 0 Å². The van der Waals surface area contributed by atoms with Crippen LogP contribution in [0.25, 0.3) is 11.2 Å². The third-order valence-corrected chi connectivity index (χ3v) is 3.47. The number of nitrogens with one attached hydrogen (secondary N) is 1. The Labute approximate surface area is 143 Å². The molecule has 0 fully saturated rings. The molecule has 7 N–H and O–H groups in total. The number of rotatable bonds is 10. The van der Waals surface area contributed by atoms with E-state index in [0.29, 0.717) is 18.6 Å². The zero-order valence-corrected chi connectivity index (χ0v) is 13.8. The molecule has 2 rings (SSSR count). The number of imidazole rings is 1. The van der Waals surface area contributed by atoms with Gasteiger partial charge in [-0.2, -0.15) is 4.98 Å². The molecule has 1 atom stereocenters. The number of nitrogens with two attached hydrogens (primary N) is 3. The molecule has 0 aromatic carbocycles. The molecule has 2 aromatic heterocycles. The standard InChI is InChI=1S/C14H23N7O4/c15-4-2-1-3-9(16)13(23)25-6-5-24-8-21-7-18-10-11(21)19-14(17)20-12(10)22/h7,9H,1-6,8,15-16H2,(H3,17,19,20,22). The van der Waals surface area contributed by atoms with Crippen LogP contribution < -0.4 is 22.8 Å². The van der Waals surface area contributed by atoms with Gasteiger partial charge in [0.05, 0.1) is 12.9 Å². The average molecular weight is 353 g/mol. The molecule has 0 aliphatic heterocycles. The van der Waals surface area contributed by atoms with E-state index in [-0.39, 0.29) is 31.4 Å². The van der Waals surface area contributed by atoms with Crippen LogP contribution in [-0.2, 0) is 21.0 Å². The zero-order chi connectivity index (χ0) is 18.2. The van der Waals surface area contributed by atoms with Crippen molar-refractivity contribution in [1.29, 1.82) is 0 Å². The molecule has 25 heavy (non-hydrogen) atoms. The second-order valence-electron chi connectivity index (χ2n) is 5.43. The smallest absolute Gasteiger partial charge is 0.322 e. The van der Waals surface area contributed by atoms with Gasteiger partial charge >= 0.3 is 5.97 Å². The minimum Gasteiger partial charge on any atom is -0.462 e. The first-order valence-electron chi connectivity index (χ1n) is 7.93. The SMILES string of the molecule is NCCCCC(N)C(=O)OCCOCn1cnc2c(=O)[nH]c(N)nc21. The molecule has 0 radical (unpaired) electrons. The Balaban J connectivity index is 1.73. The number of carbonyl (C=O) groups is 1. The summed E-state index contributed by atoms with van der Waals surface area (Å²) in [5.74, 6) is -0.466. The summed E-state index contributed by atoms with van der Waals surface area (Å²) in [5, 5.41) is 0. The molecule has 2 heterocycles.